The van der Waals surface area contributed by atoms with Gasteiger partial charge in [0.25, 0.3) is 0 Å². The summed E-state index contributed by atoms with van der Waals surface area (Å²) in [6.45, 7) is 3.18. The van der Waals surface area contributed by atoms with E-state index in [4.69, 9.17) is 11.6 Å². The zero-order valence-electron chi connectivity index (χ0n) is 11.7. The number of halogens is 2. The van der Waals surface area contributed by atoms with Gasteiger partial charge >= 0.3 is 0 Å². The lowest BCUT2D eigenvalue weighted by molar-refractivity contribution is 0.543. The zero-order valence-corrected chi connectivity index (χ0v) is 14.1. The summed E-state index contributed by atoms with van der Waals surface area (Å²) < 4.78 is 3.13. The molecule has 0 radical (unpaired) electrons. The quantitative estimate of drug-likeness (QED) is 0.840. The van der Waals surface area contributed by atoms with Crippen LogP contribution in [0, 0.1) is 0 Å². The van der Waals surface area contributed by atoms with Crippen molar-refractivity contribution in [2.45, 2.75) is 32.4 Å². The van der Waals surface area contributed by atoms with E-state index >= 15 is 0 Å². The van der Waals surface area contributed by atoms with Crippen molar-refractivity contribution < 1.29 is 0 Å². The molecule has 1 aromatic heterocycles. The van der Waals surface area contributed by atoms with Crippen molar-refractivity contribution in [1.29, 1.82) is 0 Å². The van der Waals surface area contributed by atoms with Crippen molar-refractivity contribution >= 4 is 27.5 Å². The summed E-state index contributed by atoms with van der Waals surface area (Å²) >= 11 is 9.61. The molecule has 3 nitrogen and oxygen atoms in total. The van der Waals surface area contributed by atoms with Crippen LogP contribution in [0.2, 0.25) is 5.02 Å². The van der Waals surface area contributed by atoms with E-state index in [1.807, 2.05) is 31.6 Å². The van der Waals surface area contributed by atoms with Gasteiger partial charge in [0, 0.05) is 35.9 Å². The van der Waals surface area contributed by atoms with Crippen molar-refractivity contribution in [3.63, 3.8) is 0 Å². The van der Waals surface area contributed by atoms with Crippen LogP contribution in [0.1, 0.15) is 30.8 Å². The van der Waals surface area contributed by atoms with Gasteiger partial charge in [0.05, 0.1) is 5.02 Å². The monoisotopic (exact) mass is 355 g/mol. The third-order valence-electron chi connectivity index (χ3n) is 3.35. The molecule has 0 saturated carbocycles. The maximum Gasteiger partial charge on any atom is 0.110 e. The average Bonchev–Trinajstić information content (AvgIpc) is 2.87. The Balaban J connectivity index is 2.19. The smallest absolute Gasteiger partial charge is 0.110 e. The highest BCUT2D eigenvalue weighted by Gasteiger charge is 2.14. The lowest BCUT2D eigenvalue weighted by Gasteiger charge is -2.18. The number of aromatic nitrogens is 2. The van der Waals surface area contributed by atoms with Gasteiger partial charge in [-0.25, -0.2) is 4.98 Å². The Hall–Kier alpha value is -0.840. The van der Waals surface area contributed by atoms with Crippen LogP contribution in [0.4, 0.5) is 0 Å². The van der Waals surface area contributed by atoms with Crippen LogP contribution in [0.25, 0.3) is 0 Å². The Morgan fingerprint density at radius 3 is 2.90 bits per heavy atom. The van der Waals surface area contributed by atoms with Gasteiger partial charge in [0.1, 0.15) is 5.82 Å². The molecule has 0 amide bonds. The van der Waals surface area contributed by atoms with Crippen LogP contribution in [0.15, 0.2) is 35.1 Å². The topological polar surface area (TPSA) is 29.9 Å². The predicted molar refractivity (Wildman–Crippen MR) is 87.2 cm³/mol. The van der Waals surface area contributed by atoms with Gasteiger partial charge < -0.3 is 9.88 Å². The van der Waals surface area contributed by atoms with Crippen molar-refractivity contribution in [2.75, 3.05) is 7.05 Å². The first-order valence-corrected chi connectivity index (χ1v) is 7.95. The Morgan fingerprint density at radius 2 is 2.25 bits per heavy atom. The van der Waals surface area contributed by atoms with Crippen molar-refractivity contribution in [3.05, 3.63) is 51.5 Å². The number of nitrogens with zero attached hydrogens (tertiary/aromatic N) is 2. The molecule has 0 aliphatic heterocycles. The fraction of sp³-hybridized carbons (Fsp3) is 0.400. The number of benzene rings is 1. The van der Waals surface area contributed by atoms with E-state index in [-0.39, 0.29) is 6.04 Å². The molecule has 0 aliphatic rings. The minimum Gasteiger partial charge on any atom is -0.335 e. The summed E-state index contributed by atoms with van der Waals surface area (Å²) in [5.41, 5.74) is 1.17. The molecule has 1 atom stereocenters. The lowest BCUT2D eigenvalue weighted by Crippen LogP contribution is -2.21. The van der Waals surface area contributed by atoms with E-state index in [1.54, 1.807) is 0 Å². The fourth-order valence-electron chi connectivity index (χ4n) is 2.27. The van der Waals surface area contributed by atoms with E-state index in [0.29, 0.717) is 0 Å². The second kappa shape index (κ2) is 7.25. The van der Waals surface area contributed by atoms with Gasteiger partial charge in [0.2, 0.25) is 0 Å². The molecular weight excluding hydrogens is 338 g/mol. The number of imidazole rings is 1. The second-order valence-electron chi connectivity index (χ2n) is 4.76. The molecule has 108 valence electrons. The highest BCUT2D eigenvalue weighted by atomic mass is 79.9. The van der Waals surface area contributed by atoms with Gasteiger partial charge in [-0.3, -0.25) is 0 Å². The van der Waals surface area contributed by atoms with Crippen molar-refractivity contribution in [3.8, 4) is 0 Å². The fourth-order valence-corrected chi connectivity index (χ4v) is 2.71. The first-order valence-electron chi connectivity index (χ1n) is 6.78. The third kappa shape index (κ3) is 3.62. The van der Waals surface area contributed by atoms with E-state index in [0.717, 1.165) is 34.7 Å². The van der Waals surface area contributed by atoms with Crippen molar-refractivity contribution in [2.24, 2.45) is 0 Å². The van der Waals surface area contributed by atoms with E-state index in [9.17, 15) is 0 Å². The zero-order chi connectivity index (χ0) is 14.5. The molecule has 1 heterocycles. The maximum atomic E-state index is 6.18. The molecule has 1 N–H and O–H groups in total. The number of nitrogens with one attached hydrogen (secondary N) is 1. The van der Waals surface area contributed by atoms with Crippen LogP contribution in [-0.2, 0) is 13.0 Å². The van der Waals surface area contributed by atoms with Crippen LogP contribution in [-0.4, -0.2) is 16.6 Å². The first-order chi connectivity index (χ1) is 9.65. The summed E-state index contributed by atoms with van der Waals surface area (Å²) in [4.78, 5) is 4.47. The number of aryl methyl sites for hydroxylation is 1. The number of hydrogen-bond donors (Lipinski definition) is 1. The second-order valence-corrected chi connectivity index (χ2v) is 6.02. The summed E-state index contributed by atoms with van der Waals surface area (Å²) in [6.07, 6.45) is 5.87. The minimum absolute atomic E-state index is 0.207. The maximum absolute atomic E-state index is 6.18. The Morgan fingerprint density at radius 1 is 1.45 bits per heavy atom. The summed E-state index contributed by atoms with van der Waals surface area (Å²) in [6, 6.07) is 6.28. The third-order valence-corrected chi connectivity index (χ3v) is 4.58. The number of hydrogen-bond acceptors (Lipinski definition) is 2. The highest BCUT2D eigenvalue weighted by Crippen LogP contribution is 2.27. The molecule has 1 aromatic carbocycles. The van der Waals surface area contributed by atoms with Crippen LogP contribution >= 0.6 is 27.5 Å². The lowest BCUT2D eigenvalue weighted by atomic mass is 10.0. The molecule has 20 heavy (non-hydrogen) atoms. The van der Waals surface area contributed by atoms with Crippen LogP contribution in [0.5, 0.6) is 0 Å². The molecule has 5 heteroatoms. The number of rotatable bonds is 6. The Bertz CT molecular complexity index is 568. The van der Waals surface area contributed by atoms with Crippen LogP contribution in [0.3, 0.4) is 0 Å². The summed E-state index contributed by atoms with van der Waals surface area (Å²) in [7, 11) is 1.97. The summed E-state index contributed by atoms with van der Waals surface area (Å²) in [5.74, 6) is 1.10. The largest absolute Gasteiger partial charge is 0.335 e. The van der Waals surface area contributed by atoms with Gasteiger partial charge in [-0.15, -0.1) is 0 Å². The predicted octanol–water partition coefficient (Wildman–Crippen LogP) is 4.21. The van der Waals surface area contributed by atoms with Gasteiger partial charge in [-0.1, -0.05) is 24.6 Å². The standard InChI is InChI=1S/C15H19BrClN3/c1-3-7-20-8-6-19-15(20)10-14(18-2)11-4-5-12(16)13(17)9-11/h4-6,8-9,14,18H,3,7,10H2,1-2H3. The molecular formula is C15H19BrClN3. The van der Waals surface area contributed by atoms with Gasteiger partial charge in [-0.2, -0.15) is 0 Å². The molecule has 0 saturated heterocycles. The Labute approximate surface area is 133 Å². The van der Waals surface area contributed by atoms with E-state index in [1.165, 1.54) is 5.56 Å². The molecule has 1 unspecified atom stereocenters. The van der Waals surface area contributed by atoms with Crippen LogP contribution < -0.4 is 5.32 Å². The minimum atomic E-state index is 0.207. The van der Waals surface area contributed by atoms with Gasteiger partial charge in [-0.05, 0) is 47.1 Å². The molecule has 2 rings (SSSR count). The van der Waals surface area contributed by atoms with Crippen molar-refractivity contribution in [1.82, 2.24) is 14.9 Å². The molecule has 0 spiro atoms. The molecule has 2 aromatic rings. The molecule has 0 aliphatic carbocycles. The number of likely N-dealkylation sites (N-methyl/N-ethyl adjacent to an activating group) is 1. The normalized spacial score (nSPS) is 12.6. The molecule has 0 fully saturated rings. The molecule has 0 bridgehead atoms. The highest BCUT2D eigenvalue weighted by molar-refractivity contribution is 9.10. The average molecular weight is 357 g/mol. The first kappa shape index (κ1) is 15.5. The Kier molecular flexibility index (Phi) is 5.64. The summed E-state index contributed by atoms with van der Waals surface area (Å²) in [5, 5.41) is 4.08. The van der Waals surface area contributed by atoms with Gasteiger partial charge in [0.15, 0.2) is 0 Å². The SMILES string of the molecule is CCCn1ccnc1CC(NC)c1ccc(Br)c(Cl)c1. The van der Waals surface area contributed by atoms with E-state index in [2.05, 4.69) is 43.8 Å². The van der Waals surface area contributed by atoms with E-state index < -0.39 is 0 Å².